The van der Waals surface area contributed by atoms with E-state index < -0.39 is 5.97 Å². The Balaban J connectivity index is 2.28. The van der Waals surface area contributed by atoms with Crippen molar-refractivity contribution in [2.45, 2.75) is 6.61 Å². The van der Waals surface area contributed by atoms with Crippen LogP contribution in [0.15, 0.2) is 36.4 Å². The van der Waals surface area contributed by atoms with Crippen LogP contribution in [0, 0.1) is 0 Å². The van der Waals surface area contributed by atoms with Gasteiger partial charge in [-0.25, -0.2) is 4.79 Å². The lowest BCUT2D eigenvalue weighted by Gasteiger charge is -2.12. The highest BCUT2D eigenvalue weighted by Gasteiger charge is 2.16. The Kier molecular flexibility index (Phi) is 4.37. The lowest BCUT2D eigenvalue weighted by molar-refractivity contribution is 0.0693. The topological polar surface area (TPSA) is 72.5 Å². The second kappa shape index (κ2) is 6.03. The van der Waals surface area contributed by atoms with Crippen molar-refractivity contribution in [1.29, 1.82) is 0 Å². The van der Waals surface area contributed by atoms with Gasteiger partial charge in [0.25, 0.3) is 0 Å². The van der Waals surface area contributed by atoms with E-state index >= 15 is 0 Å². The van der Waals surface area contributed by atoms with Crippen molar-refractivity contribution in [1.82, 2.24) is 0 Å². The van der Waals surface area contributed by atoms with Gasteiger partial charge in [-0.1, -0.05) is 35.3 Å². The summed E-state index contributed by atoms with van der Waals surface area (Å²) < 4.78 is 5.50. The number of nitrogens with two attached hydrogens (primary N) is 1. The van der Waals surface area contributed by atoms with Crippen molar-refractivity contribution in [2.75, 3.05) is 5.73 Å². The highest BCUT2D eigenvalue weighted by Crippen LogP contribution is 2.29. The van der Waals surface area contributed by atoms with Gasteiger partial charge in [0.15, 0.2) is 0 Å². The predicted octanol–water partition coefficient (Wildman–Crippen LogP) is 3.85. The summed E-state index contributed by atoms with van der Waals surface area (Å²) in [5.41, 5.74) is 6.30. The zero-order chi connectivity index (χ0) is 14.7. The van der Waals surface area contributed by atoms with Crippen LogP contribution < -0.4 is 10.5 Å². The van der Waals surface area contributed by atoms with Gasteiger partial charge < -0.3 is 15.6 Å². The predicted molar refractivity (Wildman–Crippen MR) is 78.6 cm³/mol. The molecule has 2 aromatic rings. The quantitative estimate of drug-likeness (QED) is 0.841. The first-order chi connectivity index (χ1) is 9.50. The standard InChI is InChI=1S/C14H11Cl2NO3/c15-9-3-1-4-10(16)8(9)7-20-12-6-2-5-11(17)13(12)14(18)19/h1-6H,7,17H2,(H,18,19). The average Bonchev–Trinajstić information content (AvgIpc) is 2.37. The summed E-state index contributed by atoms with van der Waals surface area (Å²) in [6.07, 6.45) is 0. The number of nitrogen functional groups attached to an aromatic ring is 1. The molecule has 0 unspecified atom stereocenters. The maximum absolute atomic E-state index is 11.2. The summed E-state index contributed by atoms with van der Waals surface area (Å²) in [4.78, 5) is 11.2. The van der Waals surface area contributed by atoms with Crippen molar-refractivity contribution in [3.63, 3.8) is 0 Å². The number of anilines is 1. The zero-order valence-corrected chi connectivity index (χ0v) is 11.8. The highest BCUT2D eigenvalue weighted by molar-refractivity contribution is 6.35. The summed E-state index contributed by atoms with van der Waals surface area (Å²) in [5, 5.41) is 10.1. The number of benzene rings is 2. The first-order valence-corrected chi connectivity index (χ1v) is 6.43. The molecule has 0 aliphatic rings. The first-order valence-electron chi connectivity index (χ1n) is 5.68. The smallest absolute Gasteiger partial charge is 0.341 e. The molecule has 0 aromatic heterocycles. The maximum atomic E-state index is 11.2. The van der Waals surface area contributed by atoms with E-state index in [1.165, 1.54) is 12.1 Å². The molecule has 0 saturated carbocycles. The van der Waals surface area contributed by atoms with Gasteiger partial charge in [0.1, 0.15) is 17.9 Å². The fraction of sp³-hybridized carbons (Fsp3) is 0.0714. The molecular weight excluding hydrogens is 301 g/mol. The van der Waals surface area contributed by atoms with Crippen LogP contribution in [0.1, 0.15) is 15.9 Å². The molecule has 0 aliphatic carbocycles. The monoisotopic (exact) mass is 311 g/mol. The third-order valence-corrected chi connectivity index (χ3v) is 3.41. The second-order valence-electron chi connectivity index (χ2n) is 4.01. The number of carbonyl (C=O) groups is 1. The number of carboxylic acid groups (broad SMARTS) is 1. The Morgan fingerprint density at radius 1 is 1.15 bits per heavy atom. The lowest BCUT2D eigenvalue weighted by atomic mass is 10.1. The minimum absolute atomic E-state index is 0.0578. The van der Waals surface area contributed by atoms with Crippen molar-refractivity contribution in [2.24, 2.45) is 0 Å². The van der Waals surface area contributed by atoms with Gasteiger partial charge in [0, 0.05) is 21.3 Å². The molecule has 0 saturated heterocycles. The average molecular weight is 312 g/mol. The highest BCUT2D eigenvalue weighted by atomic mass is 35.5. The number of carboxylic acids is 1. The Labute approximate surface area is 125 Å². The molecule has 104 valence electrons. The fourth-order valence-corrected chi connectivity index (χ4v) is 2.22. The molecule has 0 amide bonds. The summed E-state index contributed by atoms with van der Waals surface area (Å²) in [5.74, 6) is -0.975. The van der Waals surface area contributed by atoms with E-state index in [1.807, 2.05) is 0 Å². The summed E-state index contributed by atoms with van der Waals surface area (Å²) >= 11 is 12.0. The van der Waals surface area contributed by atoms with Crippen LogP contribution in [0.4, 0.5) is 5.69 Å². The maximum Gasteiger partial charge on any atom is 0.341 e. The van der Waals surface area contributed by atoms with Crippen LogP contribution >= 0.6 is 23.2 Å². The molecule has 0 fully saturated rings. The molecule has 3 N–H and O–H groups in total. The Morgan fingerprint density at radius 3 is 2.35 bits per heavy atom. The van der Waals surface area contributed by atoms with Gasteiger partial charge in [-0.2, -0.15) is 0 Å². The third kappa shape index (κ3) is 2.98. The number of hydrogen-bond acceptors (Lipinski definition) is 3. The van der Waals surface area contributed by atoms with Crippen molar-refractivity contribution < 1.29 is 14.6 Å². The molecule has 0 atom stereocenters. The van der Waals surface area contributed by atoms with E-state index in [1.54, 1.807) is 24.3 Å². The second-order valence-corrected chi connectivity index (χ2v) is 4.83. The number of halogens is 2. The molecule has 0 radical (unpaired) electrons. The summed E-state index contributed by atoms with van der Waals surface area (Å²) in [6.45, 7) is 0.0578. The molecule has 0 bridgehead atoms. The van der Waals surface area contributed by atoms with Crippen LogP contribution in [-0.4, -0.2) is 11.1 Å². The molecule has 0 aliphatic heterocycles. The lowest BCUT2D eigenvalue weighted by Crippen LogP contribution is -2.07. The number of aromatic carboxylic acids is 1. The molecule has 20 heavy (non-hydrogen) atoms. The Bertz CT molecular complexity index is 639. The number of rotatable bonds is 4. The minimum atomic E-state index is -1.15. The third-order valence-electron chi connectivity index (χ3n) is 2.71. The van der Waals surface area contributed by atoms with Gasteiger partial charge in [0.05, 0.1) is 0 Å². The van der Waals surface area contributed by atoms with Gasteiger partial charge in [-0.05, 0) is 24.3 Å². The van der Waals surface area contributed by atoms with Crippen LogP contribution in [0.2, 0.25) is 10.0 Å². The number of hydrogen-bond donors (Lipinski definition) is 2. The molecule has 2 rings (SSSR count). The summed E-state index contributed by atoms with van der Waals surface area (Å²) in [7, 11) is 0. The molecule has 4 nitrogen and oxygen atoms in total. The van der Waals surface area contributed by atoms with Gasteiger partial charge in [0.2, 0.25) is 0 Å². The molecule has 2 aromatic carbocycles. The van der Waals surface area contributed by atoms with Crippen LogP contribution in [0.3, 0.4) is 0 Å². The Hall–Kier alpha value is -1.91. The molecule has 6 heteroatoms. The largest absolute Gasteiger partial charge is 0.488 e. The van der Waals surface area contributed by atoms with Crippen molar-refractivity contribution >= 4 is 34.9 Å². The van der Waals surface area contributed by atoms with E-state index in [2.05, 4.69) is 0 Å². The molecular formula is C14H11Cl2NO3. The molecule has 0 heterocycles. The van der Waals surface area contributed by atoms with Crippen molar-refractivity contribution in [3.05, 3.63) is 57.6 Å². The minimum Gasteiger partial charge on any atom is -0.488 e. The van der Waals surface area contributed by atoms with Gasteiger partial charge in [-0.3, -0.25) is 0 Å². The Morgan fingerprint density at radius 2 is 1.75 bits per heavy atom. The van der Waals surface area contributed by atoms with E-state index in [0.717, 1.165) is 0 Å². The van der Waals surface area contributed by atoms with E-state index in [-0.39, 0.29) is 23.6 Å². The first kappa shape index (κ1) is 14.5. The zero-order valence-electron chi connectivity index (χ0n) is 10.3. The molecule has 0 spiro atoms. The SMILES string of the molecule is Nc1cccc(OCc2c(Cl)cccc2Cl)c1C(=O)O. The van der Waals surface area contributed by atoms with E-state index in [9.17, 15) is 4.79 Å². The van der Waals surface area contributed by atoms with Crippen LogP contribution in [-0.2, 0) is 6.61 Å². The van der Waals surface area contributed by atoms with Gasteiger partial charge in [-0.15, -0.1) is 0 Å². The number of ether oxygens (including phenoxy) is 1. The van der Waals surface area contributed by atoms with E-state index in [0.29, 0.717) is 15.6 Å². The normalized spacial score (nSPS) is 10.3. The van der Waals surface area contributed by atoms with Gasteiger partial charge >= 0.3 is 5.97 Å². The van der Waals surface area contributed by atoms with Crippen molar-refractivity contribution in [3.8, 4) is 5.75 Å². The fourth-order valence-electron chi connectivity index (χ4n) is 1.72. The van der Waals surface area contributed by atoms with Crippen LogP contribution in [0.25, 0.3) is 0 Å². The van der Waals surface area contributed by atoms with E-state index in [4.69, 9.17) is 38.8 Å². The van der Waals surface area contributed by atoms with Crippen LogP contribution in [0.5, 0.6) is 5.75 Å². The summed E-state index contributed by atoms with van der Waals surface area (Å²) in [6, 6.07) is 9.74.